The zero-order valence-corrected chi connectivity index (χ0v) is 12.0. The van der Waals surface area contributed by atoms with Gasteiger partial charge in [-0.1, -0.05) is 24.6 Å². The van der Waals surface area contributed by atoms with Gasteiger partial charge in [0.05, 0.1) is 14.2 Å². The van der Waals surface area contributed by atoms with E-state index in [1.54, 1.807) is 14.2 Å². The van der Waals surface area contributed by atoms with Crippen LogP contribution in [0.4, 0.5) is 0 Å². The van der Waals surface area contributed by atoms with Crippen molar-refractivity contribution < 1.29 is 9.47 Å². The van der Waals surface area contributed by atoms with Gasteiger partial charge >= 0.3 is 0 Å². The SMILES string of the molecule is COc1ccc(/C=C/C2CCCC(C)N2)cc1OC. The van der Waals surface area contributed by atoms with Gasteiger partial charge in [-0.25, -0.2) is 0 Å². The Morgan fingerprint density at radius 2 is 1.95 bits per heavy atom. The summed E-state index contributed by atoms with van der Waals surface area (Å²) >= 11 is 0. The van der Waals surface area contributed by atoms with Crippen molar-refractivity contribution in [3.63, 3.8) is 0 Å². The van der Waals surface area contributed by atoms with Crippen LogP contribution in [0.15, 0.2) is 24.3 Å². The number of nitrogens with one attached hydrogen (secondary N) is 1. The van der Waals surface area contributed by atoms with Crippen molar-refractivity contribution >= 4 is 6.08 Å². The molecule has 0 amide bonds. The van der Waals surface area contributed by atoms with Crippen LogP contribution >= 0.6 is 0 Å². The minimum Gasteiger partial charge on any atom is -0.493 e. The van der Waals surface area contributed by atoms with Crippen LogP contribution in [0.2, 0.25) is 0 Å². The lowest BCUT2D eigenvalue weighted by molar-refractivity contribution is 0.355. The second kappa shape index (κ2) is 6.62. The Labute approximate surface area is 115 Å². The van der Waals surface area contributed by atoms with E-state index < -0.39 is 0 Å². The quantitative estimate of drug-likeness (QED) is 0.902. The number of ether oxygens (including phenoxy) is 2. The van der Waals surface area contributed by atoms with Crippen molar-refractivity contribution in [2.24, 2.45) is 0 Å². The van der Waals surface area contributed by atoms with Gasteiger partial charge in [-0.05, 0) is 37.5 Å². The van der Waals surface area contributed by atoms with E-state index in [1.165, 1.54) is 19.3 Å². The molecule has 0 aromatic heterocycles. The third kappa shape index (κ3) is 3.74. The summed E-state index contributed by atoms with van der Waals surface area (Å²) in [6.07, 6.45) is 8.19. The lowest BCUT2D eigenvalue weighted by atomic mass is 9.99. The number of methoxy groups -OCH3 is 2. The standard InChI is InChI=1S/C16H23NO2/c1-12-5-4-6-14(17-12)9-7-13-8-10-15(18-2)16(11-13)19-3/h7-12,14,17H,4-6H2,1-3H3/b9-7+. The maximum absolute atomic E-state index is 5.31. The number of hydrogen-bond acceptors (Lipinski definition) is 3. The fourth-order valence-corrected chi connectivity index (χ4v) is 2.51. The van der Waals surface area contributed by atoms with Crippen LogP contribution in [-0.4, -0.2) is 26.3 Å². The van der Waals surface area contributed by atoms with Crippen LogP contribution in [0.1, 0.15) is 31.7 Å². The molecule has 1 N–H and O–H groups in total. The molecule has 104 valence electrons. The second-order valence-electron chi connectivity index (χ2n) is 5.08. The topological polar surface area (TPSA) is 30.5 Å². The first kappa shape index (κ1) is 13.9. The number of piperidine rings is 1. The molecule has 1 aromatic carbocycles. The normalized spacial score (nSPS) is 23.5. The molecule has 0 spiro atoms. The van der Waals surface area contributed by atoms with Crippen LogP contribution < -0.4 is 14.8 Å². The zero-order chi connectivity index (χ0) is 13.7. The summed E-state index contributed by atoms with van der Waals surface area (Å²) in [5, 5.41) is 3.59. The van der Waals surface area contributed by atoms with Crippen molar-refractivity contribution in [2.75, 3.05) is 14.2 Å². The Kier molecular flexibility index (Phi) is 4.86. The summed E-state index contributed by atoms with van der Waals surface area (Å²) < 4.78 is 10.5. The van der Waals surface area contributed by atoms with Crippen molar-refractivity contribution in [3.05, 3.63) is 29.8 Å². The predicted molar refractivity (Wildman–Crippen MR) is 78.8 cm³/mol. The smallest absolute Gasteiger partial charge is 0.161 e. The molecule has 1 heterocycles. The molecular weight excluding hydrogens is 238 g/mol. The van der Waals surface area contributed by atoms with Gasteiger partial charge in [0.15, 0.2) is 11.5 Å². The molecule has 3 heteroatoms. The van der Waals surface area contributed by atoms with Crippen LogP contribution in [0.3, 0.4) is 0 Å². The summed E-state index contributed by atoms with van der Waals surface area (Å²) in [4.78, 5) is 0. The van der Waals surface area contributed by atoms with Gasteiger partial charge in [-0.15, -0.1) is 0 Å². The summed E-state index contributed by atoms with van der Waals surface area (Å²) in [5.41, 5.74) is 1.14. The average molecular weight is 261 g/mol. The van der Waals surface area contributed by atoms with E-state index in [1.807, 2.05) is 18.2 Å². The average Bonchev–Trinajstić information content (AvgIpc) is 2.45. The molecule has 2 atom stereocenters. The molecule has 1 saturated heterocycles. The van der Waals surface area contributed by atoms with Gasteiger partial charge in [-0.3, -0.25) is 0 Å². The maximum Gasteiger partial charge on any atom is 0.161 e. The minimum atomic E-state index is 0.483. The molecule has 3 nitrogen and oxygen atoms in total. The van der Waals surface area contributed by atoms with E-state index in [0.717, 1.165) is 17.1 Å². The molecule has 1 fully saturated rings. The zero-order valence-electron chi connectivity index (χ0n) is 12.0. The number of benzene rings is 1. The minimum absolute atomic E-state index is 0.483. The van der Waals surface area contributed by atoms with Gasteiger partial charge < -0.3 is 14.8 Å². The first-order chi connectivity index (χ1) is 9.22. The van der Waals surface area contributed by atoms with Crippen LogP contribution in [0.25, 0.3) is 6.08 Å². The Morgan fingerprint density at radius 3 is 2.63 bits per heavy atom. The van der Waals surface area contributed by atoms with Gasteiger partial charge in [0, 0.05) is 12.1 Å². The predicted octanol–water partition coefficient (Wildman–Crippen LogP) is 3.25. The van der Waals surface area contributed by atoms with E-state index in [2.05, 4.69) is 24.4 Å². The van der Waals surface area contributed by atoms with E-state index >= 15 is 0 Å². The second-order valence-corrected chi connectivity index (χ2v) is 5.08. The molecule has 0 aliphatic carbocycles. The molecule has 19 heavy (non-hydrogen) atoms. The van der Waals surface area contributed by atoms with E-state index in [0.29, 0.717) is 12.1 Å². The molecule has 0 bridgehead atoms. The Balaban J connectivity index is 2.05. The highest BCUT2D eigenvalue weighted by Crippen LogP contribution is 2.28. The van der Waals surface area contributed by atoms with Crippen molar-refractivity contribution in [1.29, 1.82) is 0 Å². The monoisotopic (exact) mass is 261 g/mol. The molecule has 2 rings (SSSR count). The lowest BCUT2D eigenvalue weighted by Crippen LogP contribution is -2.39. The molecule has 0 radical (unpaired) electrons. The molecule has 1 aromatic rings. The number of rotatable bonds is 4. The van der Waals surface area contributed by atoms with Crippen molar-refractivity contribution in [1.82, 2.24) is 5.32 Å². The largest absolute Gasteiger partial charge is 0.493 e. The third-order valence-electron chi connectivity index (χ3n) is 3.58. The van der Waals surface area contributed by atoms with Crippen LogP contribution in [-0.2, 0) is 0 Å². The fraction of sp³-hybridized carbons (Fsp3) is 0.500. The fourth-order valence-electron chi connectivity index (χ4n) is 2.51. The van der Waals surface area contributed by atoms with Crippen LogP contribution in [0, 0.1) is 0 Å². The van der Waals surface area contributed by atoms with Gasteiger partial charge in [0.1, 0.15) is 0 Å². The molecule has 1 aliphatic rings. The van der Waals surface area contributed by atoms with Crippen molar-refractivity contribution in [2.45, 2.75) is 38.3 Å². The Bertz CT molecular complexity index is 442. The highest BCUT2D eigenvalue weighted by atomic mass is 16.5. The highest BCUT2D eigenvalue weighted by Gasteiger charge is 2.14. The number of hydrogen-bond donors (Lipinski definition) is 1. The molecule has 0 saturated carbocycles. The van der Waals surface area contributed by atoms with Gasteiger partial charge in [0.25, 0.3) is 0 Å². The summed E-state index contributed by atoms with van der Waals surface area (Å²) in [6.45, 7) is 2.25. The van der Waals surface area contributed by atoms with Gasteiger partial charge in [-0.2, -0.15) is 0 Å². The van der Waals surface area contributed by atoms with Crippen LogP contribution in [0.5, 0.6) is 11.5 Å². The first-order valence-corrected chi connectivity index (χ1v) is 6.89. The molecular formula is C16H23NO2. The Hall–Kier alpha value is -1.48. The highest BCUT2D eigenvalue weighted by molar-refractivity contribution is 5.56. The first-order valence-electron chi connectivity index (χ1n) is 6.89. The van der Waals surface area contributed by atoms with Gasteiger partial charge in [0.2, 0.25) is 0 Å². The Morgan fingerprint density at radius 1 is 1.16 bits per heavy atom. The molecule has 1 aliphatic heterocycles. The summed E-state index contributed by atoms with van der Waals surface area (Å²) in [7, 11) is 3.32. The summed E-state index contributed by atoms with van der Waals surface area (Å²) in [6, 6.07) is 7.09. The molecule has 2 unspecified atom stereocenters. The van der Waals surface area contributed by atoms with Crippen molar-refractivity contribution in [3.8, 4) is 11.5 Å². The lowest BCUT2D eigenvalue weighted by Gasteiger charge is -2.26. The summed E-state index contributed by atoms with van der Waals surface area (Å²) in [5.74, 6) is 1.54. The van der Waals surface area contributed by atoms with E-state index in [9.17, 15) is 0 Å². The maximum atomic E-state index is 5.31. The van der Waals surface area contributed by atoms with E-state index in [4.69, 9.17) is 9.47 Å². The van der Waals surface area contributed by atoms with E-state index in [-0.39, 0.29) is 0 Å². The third-order valence-corrected chi connectivity index (χ3v) is 3.58.